The third kappa shape index (κ3) is 2.04. The zero-order valence-electron chi connectivity index (χ0n) is 9.57. The molecule has 0 saturated heterocycles. The standard InChI is InChI=1S/C12H12FN3O/c1-7-3-4-8(5-10(7)13)9-6-16(2)15-11(9)12(14)17/h3-6H,1-2H3,(H2,14,17). The predicted octanol–water partition coefficient (Wildman–Crippen LogP) is 1.63. The molecule has 1 amide bonds. The van der Waals surface area contributed by atoms with Crippen LogP contribution in [-0.2, 0) is 7.05 Å². The lowest BCUT2D eigenvalue weighted by molar-refractivity contribution is 0.0995. The van der Waals surface area contributed by atoms with E-state index in [4.69, 9.17) is 5.73 Å². The molecule has 5 heteroatoms. The first-order chi connectivity index (χ1) is 7.99. The van der Waals surface area contributed by atoms with Crippen LogP contribution in [0.1, 0.15) is 16.1 Å². The van der Waals surface area contributed by atoms with E-state index < -0.39 is 5.91 Å². The number of nitrogens with zero attached hydrogens (tertiary/aromatic N) is 2. The molecule has 2 aromatic rings. The van der Waals surface area contributed by atoms with E-state index in [9.17, 15) is 9.18 Å². The van der Waals surface area contributed by atoms with E-state index in [-0.39, 0.29) is 11.5 Å². The Labute approximate surface area is 97.9 Å². The maximum absolute atomic E-state index is 13.5. The van der Waals surface area contributed by atoms with E-state index in [1.807, 2.05) is 0 Å². The van der Waals surface area contributed by atoms with Crippen molar-refractivity contribution >= 4 is 5.91 Å². The van der Waals surface area contributed by atoms with Gasteiger partial charge in [0.2, 0.25) is 0 Å². The third-order valence-electron chi connectivity index (χ3n) is 2.55. The summed E-state index contributed by atoms with van der Waals surface area (Å²) >= 11 is 0. The highest BCUT2D eigenvalue weighted by Gasteiger charge is 2.15. The van der Waals surface area contributed by atoms with E-state index in [1.54, 1.807) is 32.3 Å². The van der Waals surface area contributed by atoms with Gasteiger partial charge in [0.1, 0.15) is 5.82 Å². The Kier molecular flexibility index (Phi) is 2.67. The second-order valence-electron chi connectivity index (χ2n) is 3.89. The minimum Gasteiger partial charge on any atom is -0.364 e. The van der Waals surface area contributed by atoms with Crippen LogP contribution >= 0.6 is 0 Å². The van der Waals surface area contributed by atoms with Crippen LogP contribution in [0.2, 0.25) is 0 Å². The maximum Gasteiger partial charge on any atom is 0.269 e. The first-order valence-electron chi connectivity index (χ1n) is 5.09. The zero-order chi connectivity index (χ0) is 12.6. The fourth-order valence-electron chi connectivity index (χ4n) is 1.64. The Hall–Kier alpha value is -2.17. The molecule has 0 unspecified atom stereocenters. The highest BCUT2D eigenvalue weighted by molar-refractivity contribution is 5.97. The van der Waals surface area contributed by atoms with Crippen LogP contribution in [-0.4, -0.2) is 15.7 Å². The van der Waals surface area contributed by atoms with Gasteiger partial charge in [-0.1, -0.05) is 12.1 Å². The highest BCUT2D eigenvalue weighted by Crippen LogP contribution is 2.24. The molecule has 0 spiro atoms. The van der Waals surface area contributed by atoms with Gasteiger partial charge in [0.25, 0.3) is 5.91 Å². The molecule has 2 N–H and O–H groups in total. The molecule has 0 saturated carbocycles. The smallest absolute Gasteiger partial charge is 0.269 e. The quantitative estimate of drug-likeness (QED) is 0.857. The molecule has 0 aliphatic carbocycles. The number of carbonyl (C=O) groups is 1. The molecule has 0 bridgehead atoms. The maximum atomic E-state index is 13.5. The van der Waals surface area contributed by atoms with Gasteiger partial charge in [-0.2, -0.15) is 5.10 Å². The number of hydrogen-bond acceptors (Lipinski definition) is 2. The van der Waals surface area contributed by atoms with Crippen molar-refractivity contribution in [3.8, 4) is 11.1 Å². The molecule has 1 aromatic heterocycles. The molecule has 1 aromatic carbocycles. The summed E-state index contributed by atoms with van der Waals surface area (Å²) in [6.07, 6.45) is 1.64. The Morgan fingerprint density at radius 3 is 2.76 bits per heavy atom. The first kappa shape index (κ1) is 11.3. The van der Waals surface area contributed by atoms with Crippen molar-refractivity contribution < 1.29 is 9.18 Å². The van der Waals surface area contributed by atoms with Gasteiger partial charge >= 0.3 is 0 Å². The lowest BCUT2D eigenvalue weighted by Crippen LogP contribution is -2.13. The Bertz CT molecular complexity index is 589. The third-order valence-corrected chi connectivity index (χ3v) is 2.55. The van der Waals surface area contributed by atoms with Crippen LogP contribution < -0.4 is 5.73 Å². The summed E-state index contributed by atoms with van der Waals surface area (Å²) in [6.45, 7) is 1.68. The van der Waals surface area contributed by atoms with Crippen LogP contribution in [0.15, 0.2) is 24.4 Å². The summed E-state index contributed by atoms with van der Waals surface area (Å²) < 4.78 is 14.9. The van der Waals surface area contributed by atoms with Crippen molar-refractivity contribution in [2.75, 3.05) is 0 Å². The van der Waals surface area contributed by atoms with Gasteiger partial charge in [-0.3, -0.25) is 9.48 Å². The van der Waals surface area contributed by atoms with Crippen LogP contribution in [0.3, 0.4) is 0 Å². The number of aryl methyl sites for hydroxylation is 2. The van der Waals surface area contributed by atoms with Gasteiger partial charge in [-0.05, 0) is 24.1 Å². The van der Waals surface area contributed by atoms with Gasteiger partial charge in [-0.15, -0.1) is 0 Å². The summed E-state index contributed by atoms with van der Waals surface area (Å²) in [5.74, 6) is -0.941. The van der Waals surface area contributed by atoms with E-state index in [1.165, 1.54) is 10.7 Å². The van der Waals surface area contributed by atoms with Crippen molar-refractivity contribution in [3.05, 3.63) is 41.5 Å². The molecule has 0 aliphatic heterocycles. The molecular formula is C12H12FN3O. The van der Waals surface area contributed by atoms with E-state index in [0.717, 1.165) is 0 Å². The van der Waals surface area contributed by atoms with E-state index in [0.29, 0.717) is 16.7 Å². The fraction of sp³-hybridized carbons (Fsp3) is 0.167. The molecule has 0 atom stereocenters. The minimum atomic E-state index is -0.624. The van der Waals surface area contributed by atoms with Gasteiger partial charge in [0.05, 0.1) is 0 Å². The van der Waals surface area contributed by atoms with Crippen molar-refractivity contribution in [2.45, 2.75) is 6.92 Å². The van der Waals surface area contributed by atoms with Gasteiger partial charge < -0.3 is 5.73 Å². The Morgan fingerprint density at radius 1 is 1.47 bits per heavy atom. The molecule has 0 aliphatic rings. The summed E-state index contributed by atoms with van der Waals surface area (Å²) in [5.41, 5.74) is 7.06. The summed E-state index contributed by atoms with van der Waals surface area (Å²) in [5, 5.41) is 3.96. The van der Waals surface area contributed by atoms with Crippen molar-refractivity contribution in [2.24, 2.45) is 12.8 Å². The van der Waals surface area contributed by atoms with Crippen LogP contribution in [0.5, 0.6) is 0 Å². The second-order valence-corrected chi connectivity index (χ2v) is 3.89. The Balaban J connectivity index is 2.59. The zero-order valence-corrected chi connectivity index (χ0v) is 9.57. The topological polar surface area (TPSA) is 60.9 Å². The van der Waals surface area contributed by atoms with Crippen LogP contribution in [0.4, 0.5) is 4.39 Å². The lowest BCUT2D eigenvalue weighted by Gasteiger charge is -2.02. The fourth-order valence-corrected chi connectivity index (χ4v) is 1.64. The van der Waals surface area contributed by atoms with Crippen LogP contribution in [0.25, 0.3) is 11.1 Å². The summed E-state index contributed by atoms with van der Waals surface area (Å²) in [6, 6.07) is 4.77. The largest absolute Gasteiger partial charge is 0.364 e. The molecule has 0 radical (unpaired) electrons. The number of carbonyl (C=O) groups excluding carboxylic acids is 1. The number of halogens is 1. The number of rotatable bonds is 2. The van der Waals surface area contributed by atoms with Gasteiger partial charge in [-0.25, -0.2) is 4.39 Å². The van der Waals surface area contributed by atoms with E-state index >= 15 is 0 Å². The number of nitrogens with two attached hydrogens (primary N) is 1. The van der Waals surface area contributed by atoms with Crippen LogP contribution in [0, 0.1) is 12.7 Å². The normalized spacial score (nSPS) is 10.5. The lowest BCUT2D eigenvalue weighted by atomic mass is 10.0. The molecule has 17 heavy (non-hydrogen) atoms. The first-order valence-corrected chi connectivity index (χ1v) is 5.09. The number of benzene rings is 1. The number of amides is 1. The number of hydrogen-bond donors (Lipinski definition) is 1. The highest BCUT2D eigenvalue weighted by atomic mass is 19.1. The molecule has 0 fully saturated rings. The Morgan fingerprint density at radius 2 is 2.18 bits per heavy atom. The SMILES string of the molecule is Cc1ccc(-c2cn(C)nc2C(N)=O)cc1F. The average Bonchev–Trinajstić information content (AvgIpc) is 2.64. The second kappa shape index (κ2) is 4.01. The number of primary amides is 1. The van der Waals surface area contributed by atoms with Crippen molar-refractivity contribution in [1.82, 2.24) is 9.78 Å². The van der Waals surface area contributed by atoms with Crippen molar-refractivity contribution in [1.29, 1.82) is 0 Å². The minimum absolute atomic E-state index is 0.149. The van der Waals surface area contributed by atoms with E-state index in [2.05, 4.69) is 5.10 Å². The van der Waals surface area contributed by atoms with Crippen molar-refractivity contribution in [3.63, 3.8) is 0 Å². The molecule has 88 valence electrons. The molecule has 4 nitrogen and oxygen atoms in total. The molecular weight excluding hydrogens is 221 g/mol. The van der Waals surface area contributed by atoms with Gasteiger partial charge in [0.15, 0.2) is 5.69 Å². The summed E-state index contributed by atoms with van der Waals surface area (Å²) in [4.78, 5) is 11.2. The number of aromatic nitrogens is 2. The summed E-state index contributed by atoms with van der Waals surface area (Å²) in [7, 11) is 1.68. The monoisotopic (exact) mass is 233 g/mol. The molecule has 1 heterocycles. The predicted molar refractivity (Wildman–Crippen MR) is 61.9 cm³/mol. The average molecular weight is 233 g/mol. The molecule has 2 rings (SSSR count). The van der Waals surface area contributed by atoms with Gasteiger partial charge in [0, 0.05) is 18.8 Å².